The van der Waals surface area contributed by atoms with E-state index >= 15 is 0 Å². The van der Waals surface area contributed by atoms with Crippen LogP contribution in [-0.4, -0.2) is 7.11 Å². The topological polar surface area (TPSA) is 45.0 Å². The average molecular weight is 338 g/mol. The number of nitrogens with one attached hydrogen (secondary N) is 1. The lowest BCUT2D eigenvalue weighted by Gasteiger charge is -2.10. The molecule has 0 saturated heterocycles. The quantitative estimate of drug-likeness (QED) is 0.881. The normalized spacial score (nSPS) is 9.79. The molecule has 0 aliphatic rings. The fourth-order valence-electron chi connectivity index (χ4n) is 1.59. The van der Waals surface area contributed by atoms with Gasteiger partial charge in [-0.05, 0) is 52.3 Å². The summed E-state index contributed by atoms with van der Waals surface area (Å²) >= 11 is 9.48. The number of nitrogens with zero attached hydrogens (tertiary/aromatic N) is 1. The smallest absolute Gasteiger partial charge is 0.137 e. The number of anilines is 2. The summed E-state index contributed by atoms with van der Waals surface area (Å²) in [5.41, 5.74) is 2.31. The van der Waals surface area contributed by atoms with Gasteiger partial charge in [0.2, 0.25) is 0 Å². The molecule has 2 aromatic carbocycles. The predicted octanol–water partition coefficient (Wildman–Crippen LogP) is 4.73. The zero-order valence-electron chi connectivity index (χ0n) is 10.1. The van der Waals surface area contributed by atoms with Gasteiger partial charge in [-0.15, -0.1) is 0 Å². The largest absolute Gasteiger partial charge is 0.495 e. The summed E-state index contributed by atoms with van der Waals surface area (Å²) in [6.45, 7) is 0. The van der Waals surface area contributed by atoms with Crippen LogP contribution in [0.4, 0.5) is 11.4 Å². The molecule has 3 nitrogen and oxygen atoms in total. The summed E-state index contributed by atoms with van der Waals surface area (Å²) in [5, 5.41) is 12.6. The van der Waals surface area contributed by atoms with Gasteiger partial charge in [-0.3, -0.25) is 0 Å². The highest BCUT2D eigenvalue weighted by Gasteiger charge is 2.05. The Kier molecular flexibility index (Phi) is 4.31. The molecule has 96 valence electrons. The van der Waals surface area contributed by atoms with Crippen molar-refractivity contribution in [1.82, 2.24) is 0 Å². The number of nitriles is 1. The molecule has 0 heterocycles. The van der Waals surface area contributed by atoms with Crippen LogP contribution in [0.3, 0.4) is 0 Å². The maximum absolute atomic E-state index is 8.81. The van der Waals surface area contributed by atoms with Crippen molar-refractivity contribution in [3.05, 3.63) is 51.5 Å². The number of rotatable bonds is 3. The molecule has 0 spiro atoms. The Morgan fingerprint density at radius 1 is 1.26 bits per heavy atom. The van der Waals surface area contributed by atoms with Crippen LogP contribution in [0.2, 0.25) is 5.02 Å². The van der Waals surface area contributed by atoms with E-state index in [2.05, 4.69) is 27.3 Å². The van der Waals surface area contributed by atoms with E-state index in [-0.39, 0.29) is 0 Å². The van der Waals surface area contributed by atoms with Crippen LogP contribution >= 0.6 is 27.5 Å². The Balaban J connectivity index is 2.26. The molecule has 0 aliphatic carbocycles. The van der Waals surface area contributed by atoms with E-state index < -0.39 is 0 Å². The Bertz CT molecular complexity index is 652. The van der Waals surface area contributed by atoms with Gasteiger partial charge >= 0.3 is 0 Å². The number of hydrogen-bond donors (Lipinski definition) is 1. The third-order valence-electron chi connectivity index (χ3n) is 2.53. The molecule has 1 N–H and O–H groups in total. The molecule has 0 radical (unpaired) electrons. The molecule has 5 heteroatoms. The van der Waals surface area contributed by atoms with Crippen molar-refractivity contribution < 1.29 is 4.74 Å². The predicted molar refractivity (Wildman–Crippen MR) is 80.1 cm³/mol. The second-order valence-electron chi connectivity index (χ2n) is 3.78. The first-order valence-corrected chi connectivity index (χ1v) is 6.61. The monoisotopic (exact) mass is 336 g/mol. The molecule has 0 unspecified atom stereocenters. The Morgan fingerprint density at radius 3 is 2.63 bits per heavy atom. The molecule has 19 heavy (non-hydrogen) atoms. The van der Waals surface area contributed by atoms with Gasteiger partial charge in [0.1, 0.15) is 5.75 Å². The van der Waals surface area contributed by atoms with Gasteiger partial charge < -0.3 is 10.1 Å². The number of benzene rings is 2. The Labute approximate surface area is 124 Å². The molecule has 0 amide bonds. The standard InChI is InChI=1S/C14H10BrClN2O/c1-19-14-5-3-10(7-12(14)16)18-13-4-2-9(8-17)6-11(13)15/h2-7,18H,1H3. The zero-order chi connectivity index (χ0) is 13.8. The summed E-state index contributed by atoms with van der Waals surface area (Å²) in [5.74, 6) is 0.631. The van der Waals surface area contributed by atoms with Crippen LogP contribution in [0.5, 0.6) is 5.75 Å². The fourth-order valence-corrected chi connectivity index (χ4v) is 2.32. The molecule has 2 rings (SSSR count). The highest BCUT2D eigenvalue weighted by Crippen LogP contribution is 2.31. The first-order chi connectivity index (χ1) is 9.13. The lowest BCUT2D eigenvalue weighted by atomic mass is 10.2. The first kappa shape index (κ1) is 13.7. The summed E-state index contributed by atoms with van der Waals surface area (Å²) in [7, 11) is 1.57. The van der Waals surface area contributed by atoms with E-state index in [9.17, 15) is 0 Å². The SMILES string of the molecule is COc1ccc(Nc2ccc(C#N)cc2Br)cc1Cl. The second-order valence-corrected chi connectivity index (χ2v) is 5.04. The molecular weight excluding hydrogens is 328 g/mol. The highest BCUT2D eigenvalue weighted by molar-refractivity contribution is 9.10. The van der Waals surface area contributed by atoms with Gasteiger partial charge in [0.25, 0.3) is 0 Å². The molecule has 2 aromatic rings. The van der Waals surface area contributed by atoms with Crippen LogP contribution < -0.4 is 10.1 Å². The van der Waals surface area contributed by atoms with Crippen molar-refractivity contribution in [2.75, 3.05) is 12.4 Å². The van der Waals surface area contributed by atoms with Gasteiger partial charge in [-0.25, -0.2) is 0 Å². The average Bonchev–Trinajstić information content (AvgIpc) is 2.41. The molecule has 0 atom stereocenters. The molecule has 0 aliphatic heterocycles. The lowest BCUT2D eigenvalue weighted by Crippen LogP contribution is -1.93. The van der Waals surface area contributed by atoms with E-state index in [1.165, 1.54) is 0 Å². The minimum absolute atomic E-state index is 0.539. The number of methoxy groups -OCH3 is 1. The van der Waals surface area contributed by atoms with Crippen molar-refractivity contribution in [3.63, 3.8) is 0 Å². The molecule has 0 bridgehead atoms. The van der Waals surface area contributed by atoms with E-state index in [1.807, 2.05) is 12.1 Å². The van der Waals surface area contributed by atoms with Gasteiger partial charge in [-0.1, -0.05) is 11.6 Å². The number of ether oxygens (including phenoxy) is 1. The van der Waals surface area contributed by atoms with Gasteiger partial charge in [-0.2, -0.15) is 5.26 Å². The van der Waals surface area contributed by atoms with Gasteiger partial charge in [0.15, 0.2) is 0 Å². The van der Waals surface area contributed by atoms with Gasteiger partial charge in [0.05, 0.1) is 29.5 Å². The van der Waals surface area contributed by atoms with E-state index in [0.717, 1.165) is 15.8 Å². The van der Waals surface area contributed by atoms with Crippen molar-refractivity contribution in [2.45, 2.75) is 0 Å². The van der Waals surface area contributed by atoms with Crippen molar-refractivity contribution in [3.8, 4) is 11.8 Å². The van der Waals surface area contributed by atoms with Crippen LogP contribution in [0.15, 0.2) is 40.9 Å². The summed E-state index contributed by atoms with van der Waals surface area (Å²) in [6, 6.07) is 12.9. The fraction of sp³-hybridized carbons (Fsp3) is 0.0714. The van der Waals surface area contributed by atoms with E-state index in [4.69, 9.17) is 21.6 Å². The summed E-state index contributed by atoms with van der Waals surface area (Å²) in [6.07, 6.45) is 0. The Morgan fingerprint density at radius 2 is 2.05 bits per heavy atom. The van der Waals surface area contributed by atoms with Crippen LogP contribution in [-0.2, 0) is 0 Å². The lowest BCUT2D eigenvalue weighted by molar-refractivity contribution is 0.415. The van der Waals surface area contributed by atoms with E-state index in [1.54, 1.807) is 31.4 Å². The maximum Gasteiger partial charge on any atom is 0.137 e. The minimum Gasteiger partial charge on any atom is -0.495 e. The molecular formula is C14H10BrClN2O. The highest BCUT2D eigenvalue weighted by atomic mass is 79.9. The first-order valence-electron chi connectivity index (χ1n) is 5.44. The van der Waals surface area contributed by atoms with Crippen molar-refractivity contribution in [2.24, 2.45) is 0 Å². The third kappa shape index (κ3) is 3.19. The third-order valence-corrected chi connectivity index (χ3v) is 3.48. The molecule has 0 aromatic heterocycles. The second kappa shape index (κ2) is 5.96. The van der Waals surface area contributed by atoms with Crippen LogP contribution in [0.1, 0.15) is 5.56 Å². The zero-order valence-corrected chi connectivity index (χ0v) is 12.4. The number of hydrogen-bond acceptors (Lipinski definition) is 3. The molecule has 0 saturated carbocycles. The van der Waals surface area contributed by atoms with E-state index in [0.29, 0.717) is 16.3 Å². The minimum atomic E-state index is 0.539. The Hall–Kier alpha value is -1.70. The van der Waals surface area contributed by atoms with Crippen molar-refractivity contribution in [1.29, 1.82) is 5.26 Å². The maximum atomic E-state index is 8.81. The number of halogens is 2. The van der Waals surface area contributed by atoms with Gasteiger partial charge in [0, 0.05) is 10.2 Å². The van der Waals surface area contributed by atoms with Crippen LogP contribution in [0.25, 0.3) is 0 Å². The summed E-state index contributed by atoms with van der Waals surface area (Å²) < 4.78 is 5.92. The van der Waals surface area contributed by atoms with Crippen molar-refractivity contribution >= 4 is 38.9 Å². The van der Waals surface area contributed by atoms with Crippen LogP contribution in [0, 0.1) is 11.3 Å². The molecule has 0 fully saturated rings. The summed E-state index contributed by atoms with van der Waals surface area (Å²) in [4.78, 5) is 0.